The zero-order chi connectivity index (χ0) is 24.9. The van der Waals surface area contributed by atoms with Gasteiger partial charge in [0, 0.05) is 10.7 Å². The van der Waals surface area contributed by atoms with E-state index in [2.05, 4.69) is 5.32 Å². The molecule has 0 saturated heterocycles. The van der Waals surface area contributed by atoms with E-state index in [0.717, 1.165) is 5.56 Å². The average Bonchev–Trinajstić information content (AvgIpc) is 2.80. The van der Waals surface area contributed by atoms with E-state index in [1.54, 1.807) is 18.2 Å². The highest BCUT2D eigenvalue weighted by molar-refractivity contribution is 14.1. The number of hydrogen-bond donors (Lipinski definition) is 1. The first-order valence-electron chi connectivity index (χ1n) is 9.71. The van der Waals surface area contributed by atoms with Gasteiger partial charge in [0.2, 0.25) is 0 Å². The van der Waals surface area contributed by atoms with Gasteiger partial charge in [-0.2, -0.15) is 13.7 Å². The van der Waals surface area contributed by atoms with E-state index >= 15 is 0 Å². The number of nitrogens with zero attached hydrogens (tertiary/aromatic N) is 1. The number of amides is 1. The van der Waals surface area contributed by atoms with Crippen LogP contribution in [-0.4, -0.2) is 21.4 Å². The Morgan fingerprint density at radius 2 is 1.82 bits per heavy atom. The highest BCUT2D eigenvalue weighted by Gasteiger charge is 2.22. The summed E-state index contributed by atoms with van der Waals surface area (Å²) in [4.78, 5) is 12.6. The number of methoxy groups -OCH3 is 1. The normalized spacial score (nSPS) is 11.4. The summed E-state index contributed by atoms with van der Waals surface area (Å²) in [6, 6.07) is 17.7. The van der Waals surface area contributed by atoms with Crippen molar-refractivity contribution in [3.05, 3.63) is 86.0 Å². The SMILES string of the molecule is COc1cc(/C=C(\C#N)C(=O)Nc2ccccc2C)cc(I)c1OS(=O)(=O)c1ccc(Cl)cc1. The fourth-order valence-electron chi connectivity index (χ4n) is 2.88. The van der Waals surface area contributed by atoms with Crippen LogP contribution >= 0.6 is 34.2 Å². The number of para-hydroxylation sites is 1. The van der Waals surface area contributed by atoms with E-state index in [-0.39, 0.29) is 22.0 Å². The van der Waals surface area contributed by atoms with Crippen LogP contribution in [-0.2, 0) is 14.9 Å². The topological polar surface area (TPSA) is 105 Å². The van der Waals surface area contributed by atoms with Crippen LogP contribution in [0.4, 0.5) is 5.69 Å². The van der Waals surface area contributed by atoms with Crippen molar-refractivity contribution in [1.82, 2.24) is 0 Å². The summed E-state index contributed by atoms with van der Waals surface area (Å²) in [6.07, 6.45) is 1.38. The van der Waals surface area contributed by atoms with Gasteiger partial charge in [-0.05, 0) is 89.2 Å². The number of ether oxygens (including phenoxy) is 1. The van der Waals surface area contributed by atoms with Crippen LogP contribution in [0, 0.1) is 21.8 Å². The molecule has 10 heteroatoms. The molecule has 0 aliphatic heterocycles. The third-order valence-electron chi connectivity index (χ3n) is 4.62. The minimum atomic E-state index is -4.15. The number of nitriles is 1. The molecule has 1 amide bonds. The molecule has 0 aliphatic rings. The first-order valence-corrected chi connectivity index (χ1v) is 12.6. The summed E-state index contributed by atoms with van der Waals surface area (Å²) in [5, 5.41) is 12.6. The molecule has 3 aromatic carbocycles. The van der Waals surface area contributed by atoms with Crippen molar-refractivity contribution >= 4 is 62.0 Å². The lowest BCUT2D eigenvalue weighted by molar-refractivity contribution is -0.112. The summed E-state index contributed by atoms with van der Waals surface area (Å²) in [5.41, 5.74) is 1.77. The molecule has 0 fully saturated rings. The highest BCUT2D eigenvalue weighted by atomic mass is 127. The minimum absolute atomic E-state index is 0.0157. The van der Waals surface area contributed by atoms with Crippen molar-refractivity contribution in [2.45, 2.75) is 11.8 Å². The molecule has 0 spiro atoms. The van der Waals surface area contributed by atoms with Crippen molar-refractivity contribution in [2.24, 2.45) is 0 Å². The smallest absolute Gasteiger partial charge is 0.339 e. The van der Waals surface area contributed by atoms with Gasteiger partial charge in [-0.3, -0.25) is 4.79 Å². The Balaban J connectivity index is 1.92. The van der Waals surface area contributed by atoms with Gasteiger partial charge >= 0.3 is 10.1 Å². The second-order valence-electron chi connectivity index (χ2n) is 6.96. The monoisotopic (exact) mass is 608 g/mol. The number of benzene rings is 3. The number of rotatable bonds is 7. The Hall–Kier alpha value is -3.07. The summed E-state index contributed by atoms with van der Waals surface area (Å²) in [5.74, 6) is -0.471. The standard InChI is InChI=1S/C24H18ClIN2O5S/c1-15-5-3-4-6-21(15)28-24(29)17(14-27)11-16-12-20(26)23(22(13-16)32-2)33-34(30,31)19-9-7-18(25)8-10-19/h3-13H,1-2H3,(H,28,29)/b17-11+. The molecule has 0 unspecified atom stereocenters. The molecule has 0 saturated carbocycles. The van der Waals surface area contributed by atoms with Gasteiger partial charge in [0.05, 0.1) is 10.7 Å². The third kappa shape index (κ3) is 6.08. The molecule has 3 aromatic rings. The largest absolute Gasteiger partial charge is 0.493 e. The first kappa shape index (κ1) is 25.6. The van der Waals surface area contributed by atoms with Gasteiger partial charge in [-0.25, -0.2) is 0 Å². The number of nitrogens with one attached hydrogen (secondary N) is 1. The number of anilines is 1. The van der Waals surface area contributed by atoms with Crippen LogP contribution in [0.25, 0.3) is 6.08 Å². The van der Waals surface area contributed by atoms with Gasteiger partial charge < -0.3 is 14.2 Å². The van der Waals surface area contributed by atoms with Crippen LogP contribution in [0.15, 0.2) is 71.1 Å². The van der Waals surface area contributed by atoms with Crippen LogP contribution in [0.2, 0.25) is 5.02 Å². The Bertz CT molecular complexity index is 1410. The maximum Gasteiger partial charge on any atom is 0.339 e. The quantitative estimate of drug-likeness (QED) is 0.163. The molecule has 0 heterocycles. The Kier molecular flexibility index (Phi) is 8.19. The van der Waals surface area contributed by atoms with Crippen molar-refractivity contribution in [2.75, 3.05) is 12.4 Å². The zero-order valence-corrected chi connectivity index (χ0v) is 21.7. The van der Waals surface area contributed by atoms with Crippen LogP contribution < -0.4 is 14.2 Å². The molecule has 0 atom stereocenters. The van der Waals surface area contributed by atoms with Gasteiger partial charge in [-0.15, -0.1) is 0 Å². The van der Waals surface area contributed by atoms with Crippen molar-refractivity contribution in [3.63, 3.8) is 0 Å². The van der Waals surface area contributed by atoms with Crippen molar-refractivity contribution in [3.8, 4) is 17.6 Å². The number of aryl methyl sites for hydroxylation is 1. The van der Waals surface area contributed by atoms with Gasteiger partial charge in [0.15, 0.2) is 11.5 Å². The molecular weight excluding hydrogens is 591 g/mol. The van der Waals surface area contributed by atoms with E-state index in [0.29, 0.717) is 19.8 Å². The molecule has 7 nitrogen and oxygen atoms in total. The number of halogens is 2. The van der Waals surface area contributed by atoms with Crippen LogP contribution in [0.5, 0.6) is 11.5 Å². The molecule has 174 valence electrons. The minimum Gasteiger partial charge on any atom is -0.493 e. The zero-order valence-electron chi connectivity index (χ0n) is 18.0. The third-order valence-corrected chi connectivity index (χ3v) is 6.91. The van der Waals surface area contributed by atoms with Crippen LogP contribution in [0.3, 0.4) is 0 Å². The Morgan fingerprint density at radius 3 is 2.44 bits per heavy atom. The summed E-state index contributed by atoms with van der Waals surface area (Å²) in [6.45, 7) is 1.84. The summed E-state index contributed by atoms with van der Waals surface area (Å²) in [7, 11) is -2.80. The lowest BCUT2D eigenvalue weighted by Gasteiger charge is -2.14. The second-order valence-corrected chi connectivity index (χ2v) is 10.1. The first-order chi connectivity index (χ1) is 16.1. The predicted octanol–water partition coefficient (Wildman–Crippen LogP) is 5.58. The van der Waals surface area contributed by atoms with E-state index in [4.69, 9.17) is 20.5 Å². The van der Waals surface area contributed by atoms with Crippen LogP contribution in [0.1, 0.15) is 11.1 Å². The van der Waals surface area contributed by atoms with E-state index in [9.17, 15) is 18.5 Å². The van der Waals surface area contributed by atoms with E-state index in [1.807, 2.05) is 47.7 Å². The molecule has 0 aromatic heterocycles. The number of carbonyl (C=O) groups is 1. The molecule has 3 rings (SSSR count). The maximum absolute atomic E-state index is 12.7. The Labute approximate surface area is 216 Å². The van der Waals surface area contributed by atoms with E-state index in [1.165, 1.54) is 43.5 Å². The molecule has 0 radical (unpaired) electrons. The fraction of sp³-hybridized carbons (Fsp3) is 0.0833. The lowest BCUT2D eigenvalue weighted by Crippen LogP contribution is -2.14. The number of hydrogen-bond acceptors (Lipinski definition) is 6. The average molecular weight is 609 g/mol. The highest BCUT2D eigenvalue weighted by Crippen LogP contribution is 2.36. The Morgan fingerprint density at radius 1 is 1.15 bits per heavy atom. The van der Waals surface area contributed by atoms with Crippen molar-refractivity contribution in [1.29, 1.82) is 5.26 Å². The lowest BCUT2D eigenvalue weighted by atomic mass is 10.1. The molecule has 34 heavy (non-hydrogen) atoms. The van der Waals surface area contributed by atoms with Gasteiger partial charge in [0.1, 0.15) is 16.5 Å². The van der Waals surface area contributed by atoms with E-state index < -0.39 is 16.0 Å². The van der Waals surface area contributed by atoms with Gasteiger partial charge in [-0.1, -0.05) is 29.8 Å². The molecular formula is C24H18ClIN2O5S. The molecule has 1 N–H and O–H groups in total. The van der Waals surface area contributed by atoms with Gasteiger partial charge in [0.25, 0.3) is 5.91 Å². The molecule has 0 aliphatic carbocycles. The van der Waals surface area contributed by atoms with Crippen molar-refractivity contribution < 1.29 is 22.1 Å². The predicted molar refractivity (Wildman–Crippen MR) is 138 cm³/mol. The number of carbonyl (C=O) groups excluding carboxylic acids is 1. The summed E-state index contributed by atoms with van der Waals surface area (Å²) < 4.78 is 36.5. The second kappa shape index (κ2) is 10.9. The fourth-order valence-corrected chi connectivity index (χ4v) is 4.85. The maximum atomic E-state index is 12.7. The summed E-state index contributed by atoms with van der Waals surface area (Å²) >= 11 is 7.72. The molecule has 0 bridgehead atoms.